The second kappa shape index (κ2) is 10.5. The van der Waals surface area contributed by atoms with E-state index in [1.807, 2.05) is 55.6 Å². The molecule has 0 radical (unpaired) electrons. The molecule has 0 aromatic carbocycles. The van der Waals surface area contributed by atoms with Crippen molar-refractivity contribution in [3.05, 3.63) is 103 Å². The van der Waals surface area contributed by atoms with E-state index in [1.54, 1.807) is 18.5 Å². The minimum atomic E-state index is 0.756. The van der Waals surface area contributed by atoms with Crippen molar-refractivity contribution in [1.82, 2.24) is 35.5 Å². The van der Waals surface area contributed by atoms with Crippen LogP contribution in [0, 0.1) is 0 Å². The Balaban J connectivity index is 1.55. The molecule has 0 fully saturated rings. The molecule has 0 saturated carbocycles. The van der Waals surface area contributed by atoms with E-state index in [4.69, 9.17) is 4.98 Å². The van der Waals surface area contributed by atoms with Crippen LogP contribution in [0.3, 0.4) is 0 Å². The Hall–Kier alpha value is -4.78. The molecule has 0 amide bonds. The molecule has 0 saturated heterocycles. The molecule has 0 unspecified atom stereocenters. The summed E-state index contributed by atoms with van der Waals surface area (Å²) in [4.78, 5) is 17.3. The van der Waals surface area contributed by atoms with Gasteiger partial charge in [0.15, 0.2) is 0 Å². The highest BCUT2D eigenvalue weighted by atomic mass is 15.1. The predicted octanol–water partition coefficient (Wildman–Crippen LogP) is 6.94. The lowest BCUT2D eigenvalue weighted by Crippen LogP contribution is -2.10. The molecule has 0 aliphatic heterocycles. The van der Waals surface area contributed by atoms with Gasteiger partial charge >= 0.3 is 0 Å². The van der Waals surface area contributed by atoms with Crippen molar-refractivity contribution in [2.45, 2.75) is 26.7 Å². The highest BCUT2D eigenvalue weighted by Crippen LogP contribution is 2.32. The number of nitrogens with one attached hydrogen (secondary N) is 3. The zero-order valence-electron chi connectivity index (χ0n) is 21.0. The number of rotatable bonds is 9. The first-order valence-corrected chi connectivity index (χ1v) is 12.3. The van der Waals surface area contributed by atoms with Gasteiger partial charge in [-0.1, -0.05) is 32.6 Å². The van der Waals surface area contributed by atoms with Crippen molar-refractivity contribution in [2.24, 2.45) is 0 Å². The van der Waals surface area contributed by atoms with Gasteiger partial charge in [0.25, 0.3) is 0 Å². The summed E-state index contributed by atoms with van der Waals surface area (Å²) in [6, 6.07) is 12.0. The average Bonchev–Trinajstić information content (AvgIpc) is 3.55. The minimum Gasteiger partial charge on any atom is -0.359 e. The van der Waals surface area contributed by atoms with Gasteiger partial charge in [0.1, 0.15) is 11.2 Å². The topological polar surface area (TPSA) is 95.2 Å². The summed E-state index contributed by atoms with van der Waals surface area (Å²) in [5.41, 5.74) is 9.83. The highest BCUT2D eigenvalue weighted by Gasteiger charge is 2.16. The van der Waals surface area contributed by atoms with Crippen LogP contribution in [0.25, 0.3) is 50.2 Å². The van der Waals surface area contributed by atoms with Gasteiger partial charge in [0.05, 0.1) is 22.6 Å². The van der Waals surface area contributed by atoms with Gasteiger partial charge in [-0.05, 0) is 67.5 Å². The molecule has 7 nitrogen and oxygen atoms in total. The molecule has 5 aromatic heterocycles. The van der Waals surface area contributed by atoms with E-state index in [0.29, 0.717) is 0 Å². The van der Waals surface area contributed by atoms with Crippen molar-refractivity contribution in [3.63, 3.8) is 0 Å². The Morgan fingerprint density at radius 1 is 1.05 bits per heavy atom. The summed E-state index contributed by atoms with van der Waals surface area (Å²) in [5, 5.41) is 12.1. The van der Waals surface area contributed by atoms with Gasteiger partial charge in [-0.25, -0.2) is 4.98 Å². The number of fused-ring (bicyclic) bond motifs is 2. The quantitative estimate of drug-likeness (QED) is 0.196. The van der Waals surface area contributed by atoms with E-state index in [2.05, 4.69) is 56.6 Å². The Morgan fingerprint density at radius 3 is 2.65 bits per heavy atom. The van der Waals surface area contributed by atoms with Crippen molar-refractivity contribution >= 4 is 27.5 Å². The Morgan fingerprint density at radius 2 is 1.89 bits per heavy atom. The van der Waals surface area contributed by atoms with E-state index in [9.17, 15) is 0 Å². The molecule has 37 heavy (non-hydrogen) atoms. The third-order valence-corrected chi connectivity index (χ3v) is 6.18. The highest BCUT2D eigenvalue weighted by molar-refractivity contribution is 5.99. The molecule has 7 heteroatoms. The van der Waals surface area contributed by atoms with Crippen LogP contribution in [0.4, 0.5) is 0 Å². The second-order valence-corrected chi connectivity index (χ2v) is 8.73. The zero-order chi connectivity index (χ0) is 25.8. The summed E-state index contributed by atoms with van der Waals surface area (Å²) < 4.78 is 0. The number of H-pyrrole nitrogens is 2. The van der Waals surface area contributed by atoms with Gasteiger partial charge in [-0.2, -0.15) is 5.10 Å². The van der Waals surface area contributed by atoms with Crippen molar-refractivity contribution in [3.8, 4) is 22.6 Å². The van der Waals surface area contributed by atoms with Crippen molar-refractivity contribution in [1.29, 1.82) is 0 Å². The van der Waals surface area contributed by atoms with Crippen LogP contribution in [-0.4, -0.2) is 30.1 Å². The number of aromatic nitrogens is 6. The Kier molecular flexibility index (Phi) is 6.76. The maximum atomic E-state index is 5.00. The fourth-order valence-electron chi connectivity index (χ4n) is 4.36. The van der Waals surface area contributed by atoms with Crippen molar-refractivity contribution in [2.75, 3.05) is 0 Å². The van der Waals surface area contributed by atoms with E-state index < -0.39 is 0 Å². The van der Waals surface area contributed by atoms with Gasteiger partial charge in [-0.3, -0.25) is 15.1 Å². The lowest BCUT2D eigenvalue weighted by Gasteiger charge is -2.11. The summed E-state index contributed by atoms with van der Waals surface area (Å²) in [7, 11) is 0. The van der Waals surface area contributed by atoms with Gasteiger partial charge in [0, 0.05) is 46.5 Å². The molecule has 0 atom stereocenters. The van der Waals surface area contributed by atoms with Gasteiger partial charge in [0.2, 0.25) is 0 Å². The molecule has 5 rings (SSSR count). The van der Waals surface area contributed by atoms with Crippen LogP contribution in [0.15, 0.2) is 97.8 Å². The van der Waals surface area contributed by atoms with Crippen LogP contribution < -0.4 is 5.32 Å². The summed E-state index contributed by atoms with van der Waals surface area (Å²) in [6.45, 7) is 12.2. The molecule has 0 bridgehead atoms. The fourth-order valence-corrected chi connectivity index (χ4v) is 4.36. The monoisotopic (exact) mass is 487 g/mol. The SMILES string of the molecule is C=C/C(=C\C(=C/C)c1ccc2[nH]nc(-c3cc4c(-c5ccncc5)nccc4[nH]3)c2n1)NC(=C)CCC. The average molecular weight is 488 g/mol. The number of aromatic amines is 2. The van der Waals surface area contributed by atoms with Gasteiger partial charge < -0.3 is 10.3 Å². The number of nitrogens with zero attached hydrogens (tertiary/aromatic N) is 4. The molecular weight excluding hydrogens is 458 g/mol. The smallest absolute Gasteiger partial charge is 0.135 e. The summed E-state index contributed by atoms with van der Waals surface area (Å²) in [5.74, 6) is 0. The largest absolute Gasteiger partial charge is 0.359 e. The van der Waals surface area contributed by atoms with Crippen molar-refractivity contribution < 1.29 is 0 Å². The van der Waals surface area contributed by atoms with Crippen LogP contribution in [-0.2, 0) is 0 Å². The normalized spacial score (nSPS) is 12.3. The number of pyridine rings is 3. The van der Waals surface area contributed by atoms with Gasteiger partial charge in [-0.15, -0.1) is 0 Å². The minimum absolute atomic E-state index is 0.756. The third kappa shape index (κ3) is 4.84. The van der Waals surface area contributed by atoms with Crippen LogP contribution in [0.1, 0.15) is 32.4 Å². The predicted molar refractivity (Wildman–Crippen MR) is 151 cm³/mol. The first-order chi connectivity index (χ1) is 18.1. The molecule has 0 spiro atoms. The summed E-state index contributed by atoms with van der Waals surface area (Å²) >= 11 is 0. The number of allylic oxidation sites excluding steroid dienone is 5. The molecule has 5 heterocycles. The molecule has 184 valence electrons. The number of hydrogen-bond acceptors (Lipinski definition) is 5. The Labute approximate surface area is 215 Å². The molecule has 3 N–H and O–H groups in total. The lowest BCUT2D eigenvalue weighted by molar-refractivity contribution is 0.829. The molecule has 0 aliphatic carbocycles. The third-order valence-electron chi connectivity index (χ3n) is 6.18. The number of hydrogen-bond donors (Lipinski definition) is 3. The second-order valence-electron chi connectivity index (χ2n) is 8.73. The van der Waals surface area contributed by atoms with Crippen LogP contribution >= 0.6 is 0 Å². The van der Waals surface area contributed by atoms with E-state index >= 15 is 0 Å². The lowest BCUT2D eigenvalue weighted by atomic mass is 10.1. The molecule has 0 aliphatic rings. The maximum absolute atomic E-state index is 5.00. The van der Waals surface area contributed by atoms with E-state index in [0.717, 1.165) is 80.1 Å². The molecule has 5 aromatic rings. The standard InChI is InChI=1S/C30H29N7/c1-5-8-19(4)33-22(7-3)17-20(6-2)24-9-10-26-29(35-24)30(37-36-26)27-18-23-25(34-27)13-16-32-28(23)21-11-14-31-15-12-21/h6-7,9-18,33-34H,3-5,8H2,1-2H3,(H,36,37)/b20-6+,22-17+. The zero-order valence-corrected chi connectivity index (χ0v) is 21.0. The first-order valence-electron chi connectivity index (χ1n) is 12.3. The maximum Gasteiger partial charge on any atom is 0.135 e. The van der Waals surface area contributed by atoms with E-state index in [-0.39, 0.29) is 0 Å². The van der Waals surface area contributed by atoms with E-state index in [1.165, 1.54) is 0 Å². The van der Waals surface area contributed by atoms with Crippen LogP contribution in [0.5, 0.6) is 0 Å². The fraction of sp³-hybridized carbons (Fsp3) is 0.133. The summed E-state index contributed by atoms with van der Waals surface area (Å²) in [6.07, 6.45) is 13.2. The van der Waals surface area contributed by atoms with Crippen LogP contribution in [0.2, 0.25) is 0 Å². The molecular formula is C30H29N7. The first kappa shape index (κ1) is 23.9. The Bertz CT molecular complexity index is 1650.